The van der Waals surface area contributed by atoms with Crippen molar-refractivity contribution in [3.05, 3.63) is 50.7 Å². The first-order valence-electron chi connectivity index (χ1n) is 8.29. The third-order valence-corrected chi connectivity index (χ3v) is 6.37. The fraction of sp³-hybridized carbons (Fsp3) is 0.278. The summed E-state index contributed by atoms with van der Waals surface area (Å²) in [7, 11) is 1.51. The van der Waals surface area contributed by atoms with Gasteiger partial charge in [0.05, 0.1) is 32.9 Å². The fourth-order valence-electron chi connectivity index (χ4n) is 3.71. The van der Waals surface area contributed by atoms with Gasteiger partial charge >= 0.3 is 0 Å². The molecule has 1 saturated heterocycles. The summed E-state index contributed by atoms with van der Waals surface area (Å²) in [4.78, 5) is 30.6. The molecule has 0 aliphatic carbocycles. The van der Waals surface area contributed by atoms with Gasteiger partial charge in [0.15, 0.2) is 11.3 Å². The molecule has 6 nitrogen and oxygen atoms in total. The van der Waals surface area contributed by atoms with Crippen molar-refractivity contribution >= 4 is 55.4 Å². The van der Waals surface area contributed by atoms with Gasteiger partial charge in [0.2, 0.25) is 5.91 Å². The van der Waals surface area contributed by atoms with Gasteiger partial charge in [-0.1, -0.05) is 18.2 Å². The molecule has 1 atom stereocenters. The van der Waals surface area contributed by atoms with Crippen LogP contribution in [0.4, 0.5) is 4.39 Å². The third-order valence-electron chi connectivity index (χ3n) is 5.07. The second-order valence-electron chi connectivity index (χ2n) is 6.53. The molecule has 1 amide bonds. The van der Waals surface area contributed by atoms with E-state index in [0.717, 1.165) is 0 Å². The Morgan fingerprint density at radius 1 is 1.48 bits per heavy atom. The summed E-state index contributed by atoms with van der Waals surface area (Å²) in [5.74, 6) is -0.734. The van der Waals surface area contributed by atoms with Gasteiger partial charge in [-0.05, 0) is 34.5 Å². The van der Waals surface area contributed by atoms with Gasteiger partial charge < -0.3 is 14.0 Å². The smallest absolute Gasteiger partial charge is 0.278 e. The number of likely N-dealkylation sites (tertiary alicyclic amines) is 1. The van der Waals surface area contributed by atoms with Crippen molar-refractivity contribution in [3.8, 4) is 0 Å². The summed E-state index contributed by atoms with van der Waals surface area (Å²) in [5, 5.41) is 0.714. The number of hydrogen-bond acceptors (Lipinski definition) is 3. The van der Waals surface area contributed by atoms with Gasteiger partial charge in [0, 0.05) is 25.5 Å². The van der Waals surface area contributed by atoms with Crippen LogP contribution in [0, 0.1) is 5.82 Å². The largest absolute Gasteiger partial charge is 0.337 e. The number of imidazole rings is 1. The van der Waals surface area contributed by atoms with Gasteiger partial charge in [-0.15, -0.1) is 0 Å². The van der Waals surface area contributed by atoms with Crippen LogP contribution in [0.2, 0.25) is 5.02 Å². The SMILES string of the molecule is C=CC(=O)N1CCC(n2cnc3c(=O)n(C)c4c(F)c(Br)c(Cl)cc4c32)C1. The molecular formula is C18H15BrClFN4O2. The minimum Gasteiger partial charge on any atom is -0.337 e. The summed E-state index contributed by atoms with van der Waals surface area (Å²) < 4.78 is 18.1. The van der Waals surface area contributed by atoms with E-state index < -0.39 is 5.82 Å². The number of carbonyl (C=O) groups excluding carboxylic acids is 1. The van der Waals surface area contributed by atoms with Crippen LogP contribution in [-0.2, 0) is 11.8 Å². The second kappa shape index (κ2) is 6.45. The Hall–Kier alpha value is -2.19. The zero-order valence-corrected chi connectivity index (χ0v) is 16.7. The molecule has 0 bridgehead atoms. The molecule has 0 radical (unpaired) electrons. The maximum Gasteiger partial charge on any atom is 0.278 e. The van der Waals surface area contributed by atoms with E-state index in [0.29, 0.717) is 30.4 Å². The lowest BCUT2D eigenvalue weighted by atomic mass is 10.1. The molecule has 1 aliphatic rings. The first-order valence-corrected chi connectivity index (χ1v) is 9.46. The van der Waals surface area contributed by atoms with Crippen LogP contribution < -0.4 is 5.56 Å². The van der Waals surface area contributed by atoms with Crippen LogP contribution in [0.25, 0.3) is 21.9 Å². The first-order chi connectivity index (χ1) is 12.8. The maximum absolute atomic E-state index is 14.9. The maximum atomic E-state index is 14.9. The normalized spacial score (nSPS) is 17.2. The molecule has 27 heavy (non-hydrogen) atoms. The highest BCUT2D eigenvalue weighted by Crippen LogP contribution is 2.36. The van der Waals surface area contributed by atoms with E-state index in [4.69, 9.17) is 11.6 Å². The van der Waals surface area contributed by atoms with E-state index in [9.17, 15) is 14.0 Å². The Kier molecular flexibility index (Phi) is 4.35. The summed E-state index contributed by atoms with van der Waals surface area (Å²) in [6.07, 6.45) is 3.56. The summed E-state index contributed by atoms with van der Waals surface area (Å²) in [6.45, 7) is 4.57. The number of rotatable bonds is 2. The van der Waals surface area contributed by atoms with E-state index in [1.807, 2.05) is 4.57 Å². The van der Waals surface area contributed by atoms with Crippen molar-refractivity contribution in [2.24, 2.45) is 7.05 Å². The van der Waals surface area contributed by atoms with E-state index in [-0.39, 0.29) is 38.0 Å². The molecule has 9 heteroatoms. The lowest BCUT2D eigenvalue weighted by Crippen LogP contribution is -2.27. The molecule has 1 aromatic carbocycles. The Morgan fingerprint density at radius 2 is 2.22 bits per heavy atom. The Labute approximate surface area is 167 Å². The molecule has 1 unspecified atom stereocenters. The highest BCUT2D eigenvalue weighted by atomic mass is 79.9. The molecule has 0 N–H and O–H groups in total. The average Bonchev–Trinajstić information content (AvgIpc) is 3.30. The third kappa shape index (κ3) is 2.62. The molecule has 1 aliphatic heterocycles. The van der Waals surface area contributed by atoms with Crippen molar-refractivity contribution in [2.45, 2.75) is 12.5 Å². The minimum absolute atomic E-state index is 0.0697. The molecule has 0 saturated carbocycles. The standard InChI is InChI=1S/C18H15BrClFN4O2/c1-3-12(26)24-5-4-9(7-24)25-8-22-15-17(25)10-6-11(20)13(19)14(21)16(10)23(2)18(15)27/h3,6,8-9H,1,4-5,7H2,2H3. The minimum atomic E-state index is -0.596. The van der Waals surface area contributed by atoms with Crippen molar-refractivity contribution in [1.82, 2.24) is 19.0 Å². The number of fused-ring (bicyclic) bond motifs is 3. The molecule has 1 fully saturated rings. The molecule has 140 valence electrons. The number of nitrogens with zero attached hydrogens (tertiary/aromatic N) is 4. The average molecular weight is 454 g/mol. The van der Waals surface area contributed by atoms with Crippen molar-refractivity contribution in [1.29, 1.82) is 0 Å². The predicted molar refractivity (Wildman–Crippen MR) is 106 cm³/mol. The summed E-state index contributed by atoms with van der Waals surface area (Å²) >= 11 is 9.31. The van der Waals surface area contributed by atoms with Gasteiger partial charge in [0.1, 0.15) is 0 Å². The number of aromatic nitrogens is 3. The number of amides is 1. The van der Waals surface area contributed by atoms with Gasteiger partial charge in [0.25, 0.3) is 5.56 Å². The highest BCUT2D eigenvalue weighted by molar-refractivity contribution is 9.10. The van der Waals surface area contributed by atoms with Crippen LogP contribution >= 0.6 is 27.5 Å². The van der Waals surface area contributed by atoms with Gasteiger partial charge in [-0.2, -0.15) is 0 Å². The number of carbonyl (C=O) groups is 1. The zero-order valence-electron chi connectivity index (χ0n) is 14.4. The van der Waals surface area contributed by atoms with Crippen molar-refractivity contribution < 1.29 is 9.18 Å². The monoisotopic (exact) mass is 452 g/mol. The van der Waals surface area contributed by atoms with E-state index >= 15 is 0 Å². The number of benzene rings is 1. The van der Waals surface area contributed by atoms with Crippen LogP contribution in [-0.4, -0.2) is 38.0 Å². The van der Waals surface area contributed by atoms with Gasteiger partial charge in [-0.25, -0.2) is 9.37 Å². The fourth-order valence-corrected chi connectivity index (χ4v) is 4.21. The molecule has 3 aromatic rings. The number of pyridine rings is 1. The van der Waals surface area contributed by atoms with Crippen LogP contribution in [0.5, 0.6) is 0 Å². The predicted octanol–water partition coefficient (Wildman–Crippen LogP) is 3.40. The van der Waals surface area contributed by atoms with E-state index in [1.54, 1.807) is 17.3 Å². The van der Waals surface area contributed by atoms with Crippen molar-refractivity contribution in [2.75, 3.05) is 13.1 Å². The molecular weight excluding hydrogens is 439 g/mol. The zero-order chi connectivity index (χ0) is 19.5. The lowest BCUT2D eigenvalue weighted by Gasteiger charge is -2.17. The van der Waals surface area contributed by atoms with E-state index in [2.05, 4.69) is 27.5 Å². The number of halogens is 3. The molecule has 4 rings (SSSR count). The van der Waals surface area contributed by atoms with Crippen LogP contribution in [0.1, 0.15) is 12.5 Å². The Balaban J connectivity index is 2.00. The highest BCUT2D eigenvalue weighted by Gasteiger charge is 2.29. The molecule has 3 heterocycles. The quantitative estimate of drug-likeness (QED) is 0.441. The van der Waals surface area contributed by atoms with Crippen LogP contribution in [0.15, 0.2) is 34.3 Å². The summed E-state index contributed by atoms with van der Waals surface area (Å²) in [6, 6.07) is 1.56. The van der Waals surface area contributed by atoms with E-state index in [1.165, 1.54) is 17.7 Å². The lowest BCUT2D eigenvalue weighted by molar-refractivity contribution is -0.125. The Morgan fingerprint density at radius 3 is 2.93 bits per heavy atom. The first kappa shape index (κ1) is 18.2. The van der Waals surface area contributed by atoms with Gasteiger partial charge in [-0.3, -0.25) is 9.59 Å². The summed E-state index contributed by atoms with van der Waals surface area (Å²) in [5.41, 5.74) is 0.541. The molecule has 2 aromatic heterocycles. The topological polar surface area (TPSA) is 60.1 Å². The second-order valence-corrected chi connectivity index (χ2v) is 7.73. The van der Waals surface area contributed by atoms with Crippen LogP contribution in [0.3, 0.4) is 0 Å². The van der Waals surface area contributed by atoms with Crippen molar-refractivity contribution in [3.63, 3.8) is 0 Å². The molecule has 0 spiro atoms. The number of hydrogen-bond donors (Lipinski definition) is 0. The Bertz CT molecular complexity index is 1190. The number of aryl methyl sites for hydroxylation is 1.